The van der Waals surface area contributed by atoms with Crippen LogP contribution in [-0.4, -0.2) is 38.2 Å². The van der Waals surface area contributed by atoms with Crippen LogP contribution in [0.4, 0.5) is 0 Å². The summed E-state index contributed by atoms with van der Waals surface area (Å²) in [5.41, 5.74) is 1.48. The van der Waals surface area contributed by atoms with Crippen molar-refractivity contribution >= 4 is 44.7 Å². The highest BCUT2D eigenvalue weighted by atomic mass is 32.2. The second kappa shape index (κ2) is 7.14. The monoisotopic (exact) mass is 403 g/mol. The summed E-state index contributed by atoms with van der Waals surface area (Å²) in [4.78, 5) is 15.1. The summed E-state index contributed by atoms with van der Waals surface area (Å²) in [6, 6.07) is 0. The number of hydrogen-bond donors (Lipinski definition) is 0. The Morgan fingerprint density at radius 3 is 2.69 bits per heavy atom. The maximum Gasteiger partial charge on any atom is 0.180 e. The van der Waals surface area contributed by atoms with Crippen LogP contribution in [0, 0.1) is 6.92 Å². The summed E-state index contributed by atoms with van der Waals surface area (Å²) in [5, 5.41) is 11.8. The SMILES string of the molecule is Cc1nnc(Sc2nc(CN3CCCCC3)nc3sc4c(c23)CCC4)s1. The fourth-order valence-corrected chi connectivity index (χ4v) is 7.11. The Bertz CT molecular complexity index is 942. The molecule has 0 amide bonds. The number of thiophene rings is 1. The number of rotatable bonds is 4. The van der Waals surface area contributed by atoms with Crippen molar-refractivity contribution in [3.05, 3.63) is 21.3 Å². The van der Waals surface area contributed by atoms with Gasteiger partial charge >= 0.3 is 0 Å². The molecule has 0 spiro atoms. The van der Waals surface area contributed by atoms with Gasteiger partial charge < -0.3 is 0 Å². The van der Waals surface area contributed by atoms with Crippen molar-refractivity contribution in [3.63, 3.8) is 0 Å². The summed E-state index contributed by atoms with van der Waals surface area (Å²) in [7, 11) is 0. The van der Waals surface area contributed by atoms with E-state index in [-0.39, 0.29) is 0 Å². The number of nitrogens with zero attached hydrogens (tertiary/aromatic N) is 5. The second-order valence-corrected chi connectivity index (χ2v) is 10.5. The lowest BCUT2D eigenvalue weighted by Crippen LogP contribution is -2.29. The van der Waals surface area contributed by atoms with Gasteiger partial charge in [0.15, 0.2) is 4.34 Å². The third kappa shape index (κ3) is 3.28. The van der Waals surface area contributed by atoms with E-state index in [1.165, 1.54) is 65.9 Å². The van der Waals surface area contributed by atoms with E-state index in [2.05, 4.69) is 15.1 Å². The van der Waals surface area contributed by atoms with E-state index in [1.54, 1.807) is 23.1 Å². The van der Waals surface area contributed by atoms with Gasteiger partial charge in [-0.15, -0.1) is 21.5 Å². The highest BCUT2D eigenvalue weighted by Crippen LogP contribution is 2.42. The lowest BCUT2D eigenvalue weighted by molar-refractivity contribution is 0.216. The van der Waals surface area contributed by atoms with E-state index in [0.717, 1.165) is 33.2 Å². The molecule has 1 aliphatic heterocycles. The molecule has 1 fully saturated rings. The molecule has 136 valence electrons. The van der Waals surface area contributed by atoms with E-state index in [9.17, 15) is 0 Å². The van der Waals surface area contributed by atoms with Gasteiger partial charge in [-0.3, -0.25) is 4.90 Å². The molecule has 0 saturated carbocycles. The van der Waals surface area contributed by atoms with Crippen molar-refractivity contribution < 1.29 is 0 Å². The fourth-order valence-electron chi connectivity index (χ4n) is 3.87. The molecule has 3 aromatic heterocycles. The zero-order chi connectivity index (χ0) is 17.5. The maximum absolute atomic E-state index is 5.01. The van der Waals surface area contributed by atoms with Crippen molar-refractivity contribution in [3.8, 4) is 0 Å². The minimum absolute atomic E-state index is 0.862. The van der Waals surface area contributed by atoms with E-state index < -0.39 is 0 Å². The third-order valence-electron chi connectivity index (χ3n) is 5.08. The standard InChI is InChI=1S/C18H21N5S3/c1-11-21-22-18(24-11)26-17-15-12-6-5-7-13(12)25-16(15)19-14(20-17)10-23-8-3-2-4-9-23/h2-10H2,1H3. The highest BCUT2D eigenvalue weighted by molar-refractivity contribution is 8.01. The Morgan fingerprint density at radius 2 is 1.88 bits per heavy atom. The molecule has 0 radical (unpaired) electrons. The van der Waals surface area contributed by atoms with E-state index in [1.807, 2.05) is 18.3 Å². The molecule has 26 heavy (non-hydrogen) atoms. The molecule has 3 aromatic rings. The molecule has 8 heteroatoms. The average Bonchev–Trinajstić information content (AvgIpc) is 3.32. The molecule has 0 N–H and O–H groups in total. The topological polar surface area (TPSA) is 54.8 Å². The van der Waals surface area contributed by atoms with E-state index >= 15 is 0 Å². The van der Waals surface area contributed by atoms with Crippen LogP contribution in [0.5, 0.6) is 0 Å². The summed E-state index contributed by atoms with van der Waals surface area (Å²) in [6.45, 7) is 5.20. The van der Waals surface area contributed by atoms with Crippen molar-refractivity contribution in [2.75, 3.05) is 13.1 Å². The molecule has 0 aromatic carbocycles. The molecule has 0 bridgehead atoms. The summed E-state index contributed by atoms with van der Waals surface area (Å²) in [6.07, 6.45) is 7.55. The number of aromatic nitrogens is 4. The quantitative estimate of drug-likeness (QED) is 0.599. The Hall–Kier alpha value is -1.09. The number of likely N-dealkylation sites (tertiary alicyclic amines) is 1. The Balaban J connectivity index is 1.54. The van der Waals surface area contributed by atoms with E-state index in [4.69, 9.17) is 9.97 Å². The Kier molecular flexibility index (Phi) is 4.68. The van der Waals surface area contributed by atoms with Crippen LogP contribution in [0.3, 0.4) is 0 Å². The maximum atomic E-state index is 5.01. The van der Waals surface area contributed by atoms with Gasteiger partial charge in [-0.25, -0.2) is 9.97 Å². The van der Waals surface area contributed by atoms with Gasteiger partial charge in [0.05, 0.1) is 6.54 Å². The highest BCUT2D eigenvalue weighted by Gasteiger charge is 2.24. The summed E-state index contributed by atoms with van der Waals surface area (Å²) in [5.74, 6) is 0.961. The van der Waals surface area contributed by atoms with Crippen molar-refractivity contribution in [2.45, 2.75) is 61.4 Å². The van der Waals surface area contributed by atoms with Crippen LogP contribution in [0.1, 0.15) is 47.0 Å². The smallest absolute Gasteiger partial charge is 0.180 e. The molecular formula is C18H21N5S3. The van der Waals surface area contributed by atoms with Crippen LogP contribution >= 0.6 is 34.4 Å². The molecule has 1 aliphatic carbocycles. The Morgan fingerprint density at radius 1 is 1.00 bits per heavy atom. The molecule has 5 rings (SSSR count). The predicted octanol–water partition coefficient (Wildman–Crippen LogP) is 4.48. The summed E-state index contributed by atoms with van der Waals surface area (Å²) >= 11 is 5.19. The van der Waals surface area contributed by atoms with Gasteiger partial charge in [0.2, 0.25) is 0 Å². The van der Waals surface area contributed by atoms with Crippen LogP contribution in [-0.2, 0) is 19.4 Å². The average molecular weight is 404 g/mol. The first-order valence-corrected chi connectivity index (χ1v) is 11.7. The van der Waals surface area contributed by atoms with Gasteiger partial charge in [0.1, 0.15) is 20.7 Å². The normalized spacial score (nSPS) is 17.9. The first-order chi connectivity index (χ1) is 12.8. The second-order valence-electron chi connectivity index (χ2n) is 7.01. The minimum atomic E-state index is 0.862. The third-order valence-corrected chi connectivity index (χ3v) is 8.15. The Labute approximate surface area is 165 Å². The number of hydrogen-bond acceptors (Lipinski definition) is 8. The van der Waals surface area contributed by atoms with Crippen LogP contribution in [0.2, 0.25) is 0 Å². The van der Waals surface area contributed by atoms with Gasteiger partial charge in [0, 0.05) is 10.3 Å². The minimum Gasteiger partial charge on any atom is -0.296 e. The fraction of sp³-hybridized carbons (Fsp3) is 0.556. The van der Waals surface area contributed by atoms with Crippen LogP contribution in [0.15, 0.2) is 9.37 Å². The zero-order valence-electron chi connectivity index (χ0n) is 14.8. The van der Waals surface area contributed by atoms with Crippen molar-refractivity contribution in [1.82, 2.24) is 25.1 Å². The predicted molar refractivity (Wildman–Crippen MR) is 107 cm³/mol. The first-order valence-electron chi connectivity index (χ1n) is 9.28. The zero-order valence-corrected chi connectivity index (χ0v) is 17.3. The van der Waals surface area contributed by atoms with Gasteiger partial charge in [-0.1, -0.05) is 17.8 Å². The van der Waals surface area contributed by atoms with Crippen LogP contribution in [0.25, 0.3) is 10.2 Å². The van der Waals surface area contributed by atoms with Gasteiger partial charge in [-0.05, 0) is 69.4 Å². The number of piperidine rings is 1. The lowest BCUT2D eigenvalue weighted by atomic mass is 10.1. The molecular weight excluding hydrogens is 382 g/mol. The van der Waals surface area contributed by atoms with E-state index in [0.29, 0.717) is 0 Å². The molecule has 2 aliphatic rings. The van der Waals surface area contributed by atoms with Gasteiger partial charge in [0.25, 0.3) is 0 Å². The summed E-state index contributed by atoms with van der Waals surface area (Å²) < 4.78 is 0.976. The van der Waals surface area contributed by atoms with Crippen LogP contribution < -0.4 is 0 Å². The number of fused-ring (bicyclic) bond motifs is 3. The number of aryl methyl sites for hydroxylation is 3. The molecule has 0 atom stereocenters. The molecule has 4 heterocycles. The van der Waals surface area contributed by atoms with Gasteiger partial charge in [-0.2, -0.15) is 0 Å². The largest absolute Gasteiger partial charge is 0.296 e. The first kappa shape index (κ1) is 17.0. The lowest BCUT2D eigenvalue weighted by Gasteiger charge is -2.25. The molecule has 0 unspecified atom stereocenters. The van der Waals surface area contributed by atoms with Crippen molar-refractivity contribution in [1.29, 1.82) is 0 Å². The molecule has 1 saturated heterocycles. The molecule has 5 nitrogen and oxygen atoms in total. The van der Waals surface area contributed by atoms with Crippen molar-refractivity contribution in [2.24, 2.45) is 0 Å².